The highest BCUT2D eigenvalue weighted by Gasteiger charge is 2.14. The average Bonchev–Trinajstić information content (AvgIpc) is 2.79. The number of carbonyl (C=O) groups is 1. The first-order valence-electron chi connectivity index (χ1n) is 4.55. The molecule has 0 amide bonds. The maximum absolute atomic E-state index is 11.8. The van der Waals surface area contributed by atoms with Crippen LogP contribution in [0.25, 0.3) is 0 Å². The average molecular weight is 205 g/mol. The minimum Gasteiger partial charge on any atom is -0.312 e. The lowest BCUT2D eigenvalue weighted by molar-refractivity contribution is 0.0954. The molecular formula is C9H11N5O. The van der Waals surface area contributed by atoms with Gasteiger partial charge in [0.05, 0.1) is 0 Å². The third-order valence-corrected chi connectivity index (χ3v) is 2.21. The van der Waals surface area contributed by atoms with Gasteiger partial charge in [-0.05, 0) is 13.0 Å². The van der Waals surface area contributed by atoms with Gasteiger partial charge in [-0.1, -0.05) is 0 Å². The van der Waals surface area contributed by atoms with Crippen molar-refractivity contribution in [1.29, 1.82) is 0 Å². The van der Waals surface area contributed by atoms with Gasteiger partial charge in [-0.15, -0.1) is 10.2 Å². The summed E-state index contributed by atoms with van der Waals surface area (Å²) in [5, 5.41) is 11.6. The summed E-state index contributed by atoms with van der Waals surface area (Å²) in [6, 6.07) is 1.77. The molecule has 2 rings (SSSR count). The van der Waals surface area contributed by atoms with E-state index < -0.39 is 0 Å². The summed E-state index contributed by atoms with van der Waals surface area (Å²) in [7, 11) is 1.77. The number of hydrogen-bond acceptors (Lipinski definition) is 4. The van der Waals surface area contributed by atoms with Gasteiger partial charge in [0.1, 0.15) is 12.4 Å². The van der Waals surface area contributed by atoms with Gasteiger partial charge in [-0.3, -0.25) is 9.48 Å². The molecule has 0 spiro atoms. The van der Waals surface area contributed by atoms with Gasteiger partial charge in [0, 0.05) is 19.4 Å². The number of hydrogen-bond donors (Lipinski definition) is 0. The second kappa shape index (κ2) is 3.64. The summed E-state index contributed by atoms with van der Waals surface area (Å²) in [6.45, 7) is 2.00. The summed E-state index contributed by atoms with van der Waals surface area (Å²) in [5.41, 5.74) is 0. The number of Topliss-reactive ketones (excluding diaryl/α,β-unsaturated/α-hetero) is 1. The predicted molar refractivity (Wildman–Crippen MR) is 52.3 cm³/mol. The number of aromatic nitrogens is 5. The first-order valence-corrected chi connectivity index (χ1v) is 4.55. The molecule has 0 N–H and O–H groups in total. The van der Waals surface area contributed by atoms with Gasteiger partial charge >= 0.3 is 0 Å². The molecule has 2 aromatic heterocycles. The van der Waals surface area contributed by atoms with Crippen LogP contribution in [0, 0.1) is 6.92 Å². The maximum Gasteiger partial charge on any atom is 0.221 e. The van der Waals surface area contributed by atoms with Gasteiger partial charge in [0.2, 0.25) is 11.6 Å². The molecule has 0 fully saturated rings. The molecule has 0 aliphatic rings. The zero-order valence-corrected chi connectivity index (χ0v) is 8.58. The highest BCUT2D eigenvalue weighted by Crippen LogP contribution is 2.00. The largest absolute Gasteiger partial charge is 0.312 e. The molecule has 0 aliphatic carbocycles. The zero-order chi connectivity index (χ0) is 10.8. The summed E-state index contributed by atoms with van der Waals surface area (Å²) in [6.07, 6.45) is 3.37. The first-order chi connectivity index (χ1) is 7.18. The number of nitrogens with zero attached hydrogens (tertiary/aromatic N) is 5. The third kappa shape index (κ3) is 1.78. The molecule has 0 aliphatic heterocycles. The van der Waals surface area contributed by atoms with Crippen LogP contribution in [0.4, 0.5) is 0 Å². The normalized spacial score (nSPS) is 10.5. The van der Waals surface area contributed by atoms with Crippen LogP contribution in [0.3, 0.4) is 0 Å². The molecule has 0 saturated heterocycles. The molecule has 0 aromatic carbocycles. The standard InChI is InChI=1S/C9H11N5O/c1-7-11-12-9(13(7)2)8(15)6-14-5-3-4-10-14/h3-5H,6H2,1-2H3. The summed E-state index contributed by atoms with van der Waals surface area (Å²) in [4.78, 5) is 11.8. The van der Waals surface area contributed by atoms with E-state index in [4.69, 9.17) is 0 Å². The van der Waals surface area contributed by atoms with E-state index in [9.17, 15) is 4.79 Å². The molecule has 15 heavy (non-hydrogen) atoms. The molecular weight excluding hydrogens is 194 g/mol. The fourth-order valence-electron chi connectivity index (χ4n) is 1.26. The SMILES string of the molecule is Cc1nnc(C(=O)Cn2cccn2)n1C. The Morgan fingerprint density at radius 1 is 1.47 bits per heavy atom. The second-order valence-corrected chi connectivity index (χ2v) is 3.26. The van der Waals surface area contributed by atoms with Crippen LogP contribution in [0.5, 0.6) is 0 Å². The molecule has 0 saturated carbocycles. The quantitative estimate of drug-likeness (QED) is 0.671. The Balaban J connectivity index is 2.19. The monoisotopic (exact) mass is 205 g/mol. The van der Waals surface area contributed by atoms with Crippen molar-refractivity contribution in [3.63, 3.8) is 0 Å². The van der Waals surface area contributed by atoms with Crippen molar-refractivity contribution in [1.82, 2.24) is 24.5 Å². The third-order valence-electron chi connectivity index (χ3n) is 2.21. The van der Waals surface area contributed by atoms with E-state index in [1.807, 2.05) is 0 Å². The highest BCUT2D eigenvalue weighted by atomic mass is 16.1. The lowest BCUT2D eigenvalue weighted by Crippen LogP contribution is -2.15. The van der Waals surface area contributed by atoms with E-state index >= 15 is 0 Å². The van der Waals surface area contributed by atoms with Crippen molar-refractivity contribution in [3.8, 4) is 0 Å². The summed E-state index contributed by atoms with van der Waals surface area (Å²) in [5.74, 6) is 0.989. The first kappa shape index (κ1) is 9.57. The van der Waals surface area contributed by atoms with E-state index in [0.29, 0.717) is 5.82 Å². The fourth-order valence-corrected chi connectivity index (χ4v) is 1.26. The van der Waals surface area contributed by atoms with E-state index in [1.165, 1.54) is 0 Å². The van der Waals surface area contributed by atoms with Crippen LogP contribution < -0.4 is 0 Å². The molecule has 0 unspecified atom stereocenters. The smallest absolute Gasteiger partial charge is 0.221 e. The number of carbonyl (C=O) groups excluding carboxylic acids is 1. The van der Waals surface area contributed by atoms with Crippen LogP contribution >= 0.6 is 0 Å². The Hall–Kier alpha value is -1.98. The molecule has 2 heterocycles. The summed E-state index contributed by atoms with van der Waals surface area (Å²) < 4.78 is 3.23. The lowest BCUT2D eigenvalue weighted by Gasteiger charge is -2.00. The van der Waals surface area contributed by atoms with Crippen molar-refractivity contribution in [2.75, 3.05) is 0 Å². The Morgan fingerprint density at radius 3 is 2.80 bits per heavy atom. The van der Waals surface area contributed by atoms with E-state index in [1.54, 1.807) is 41.7 Å². The molecule has 6 nitrogen and oxygen atoms in total. The van der Waals surface area contributed by atoms with Gasteiger partial charge in [-0.25, -0.2) is 0 Å². The minimum atomic E-state index is -0.0956. The Kier molecular flexibility index (Phi) is 2.32. The van der Waals surface area contributed by atoms with Crippen molar-refractivity contribution in [3.05, 3.63) is 30.1 Å². The minimum absolute atomic E-state index is 0.0956. The van der Waals surface area contributed by atoms with Gasteiger partial charge in [-0.2, -0.15) is 5.10 Å². The zero-order valence-electron chi connectivity index (χ0n) is 8.58. The summed E-state index contributed by atoms with van der Waals surface area (Å²) >= 11 is 0. The van der Waals surface area contributed by atoms with Gasteiger partial charge in [0.25, 0.3) is 0 Å². The van der Waals surface area contributed by atoms with Gasteiger partial charge in [0.15, 0.2) is 0 Å². The highest BCUT2D eigenvalue weighted by molar-refractivity contribution is 5.92. The second-order valence-electron chi connectivity index (χ2n) is 3.26. The van der Waals surface area contributed by atoms with Crippen molar-refractivity contribution < 1.29 is 4.79 Å². The molecule has 0 atom stereocenters. The molecule has 0 radical (unpaired) electrons. The van der Waals surface area contributed by atoms with Crippen LogP contribution in [0.1, 0.15) is 16.4 Å². The number of rotatable bonds is 3. The van der Waals surface area contributed by atoms with E-state index in [2.05, 4.69) is 15.3 Å². The molecule has 2 aromatic rings. The van der Waals surface area contributed by atoms with E-state index in [0.717, 1.165) is 5.82 Å². The predicted octanol–water partition coefficient (Wildman–Crippen LogP) is 0.203. The molecule has 6 heteroatoms. The Labute approximate surface area is 86.5 Å². The van der Waals surface area contributed by atoms with Crippen molar-refractivity contribution in [2.24, 2.45) is 7.05 Å². The Morgan fingerprint density at radius 2 is 2.27 bits per heavy atom. The fraction of sp³-hybridized carbons (Fsp3) is 0.333. The van der Waals surface area contributed by atoms with Crippen LogP contribution in [0.2, 0.25) is 0 Å². The lowest BCUT2D eigenvalue weighted by atomic mass is 10.3. The van der Waals surface area contributed by atoms with Crippen LogP contribution in [-0.4, -0.2) is 30.3 Å². The van der Waals surface area contributed by atoms with Gasteiger partial charge < -0.3 is 4.57 Å². The molecule has 0 bridgehead atoms. The Bertz CT molecular complexity index is 471. The number of aryl methyl sites for hydroxylation is 1. The van der Waals surface area contributed by atoms with Crippen molar-refractivity contribution in [2.45, 2.75) is 13.5 Å². The van der Waals surface area contributed by atoms with Crippen molar-refractivity contribution >= 4 is 5.78 Å². The topological polar surface area (TPSA) is 65.6 Å². The van der Waals surface area contributed by atoms with Crippen LogP contribution in [-0.2, 0) is 13.6 Å². The molecule has 78 valence electrons. The maximum atomic E-state index is 11.8. The number of ketones is 1. The van der Waals surface area contributed by atoms with Crippen LogP contribution in [0.15, 0.2) is 18.5 Å². The van der Waals surface area contributed by atoms with E-state index in [-0.39, 0.29) is 12.3 Å².